The average Bonchev–Trinajstić information content (AvgIpc) is 2.71. The van der Waals surface area contributed by atoms with E-state index in [2.05, 4.69) is 21.0 Å². The van der Waals surface area contributed by atoms with Crippen LogP contribution in [0.4, 0.5) is 0 Å². The fourth-order valence-corrected chi connectivity index (χ4v) is 3.33. The number of carbonyl (C=O) groups is 1. The molecule has 0 aromatic heterocycles. The molecule has 0 amide bonds. The zero-order valence-corrected chi connectivity index (χ0v) is 19.4. The highest BCUT2D eigenvalue weighted by Crippen LogP contribution is 2.31. The summed E-state index contributed by atoms with van der Waals surface area (Å²) in [4.78, 5) is 13.0. The molecule has 2 aromatic carbocycles. The molecule has 0 radical (unpaired) electrons. The molecule has 0 spiro atoms. The Hall–Kier alpha value is -1.69. The maximum atomic E-state index is 13.0. The Balaban J connectivity index is 0.00000420. The van der Waals surface area contributed by atoms with Crippen LogP contribution < -0.4 is 17.0 Å². The van der Waals surface area contributed by atoms with Gasteiger partial charge in [0.05, 0.1) is 20.6 Å². The van der Waals surface area contributed by atoms with E-state index in [4.69, 9.17) is 4.74 Å². The number of carbonyl (C=O) groups excluding carboxylic acids is 1. The Labute approximate surface area is 185 Å². The summed E-state index contributed by atoms with van der Waals surface area (Å²) in [7, 11) is 4.31. The van der Waals surface area contributed by atoms with Crippen molar-refractivity contribution in [2.45, 2.75) is 38.2 Å². The van der Waals surface area contributed by atoms with Crippen molar-refractivity contribution in [3.8, 4) is 0 Å². The van der Waals surface area contributed by atoms with Crippen LogP contribution in [-0.2, 0) is 15.1 Å². The van der Waals surface area contributed by atoms with Crippen LogP contribution in [0.2, 0.25) is 0 Å². The molecule has 2 aromatic rings. The first-order chi connectivity index (χ1) is 13.4. The number of aliphatic hydroxyl groups is 1. The maximum absolute atomic E-state index is 13.0. The monoisotopic (exact) mass is 463 g/mol. The second-order valence-electron chi connectivity index (χ2n) is 8.02. The standard InChI is InChI=1S/C24H34NO3.BrH/c1-4-5-6-13-18-25(2,3)19-20-28-23(26)24(27,21-14-9-7-10-15-21)22-16-11-8-12-17-22;/h7-12,14-17,27H,4-6,13,18-20H2,1-3H3;1H/q+1;/p-1. The van der Waals surface area contributed by atoms with Crippen LogP contribution in [0.25, 0.3) is 0 Å². The quantitative estimate of drug-likeness (QED) is 0.308. The number of unbranched alkanes of at least 4 members (excludes halogenated alkanes) is 3. The minimum atomic E-state index is -1.80. The van der Waals surface area contributed by atoms with Gasteiger partial charge in [-0.25, -0.2) is 4.79 Å². The number of rotatable bonds is 11. The van der Waals surface area contributed by atoms with Gasteiger partial charge in [0.25, 0.3) is 0 Å². The van der Waals surface area contributed by atoms with Gasteiger partial charge in [-0.3, -0.25) is 0 Å². The van der Waals surface area contributed by atoms with E-state index in [0.717, 1.165) is 17.6 Å². The number of benzene rings is 2. The van der Waals surface area contributed by atoms with Gasteiger partial charge in [0.2, 0.25) is 5.60 Å². The second kappa shape index (κ2) is 12.1. The van der Waals surface area contributed by atoms with Crippen molar-refractivity contribution in [1.29, 1.82) is 0 Å². The lowest BCUT2D eigenvalue weighted by Gasteiger charge is -2.31. The van der Waals surface area contributed by atoms with Crippen molar-refractivity contribution in [2.75, 3.05) is 33.8 Å². The molecule has 0 aliphatic carbocycles. The van der Waals surface area contributed by atoms with Crippen molar-refractivity contribution in [1.82, 2.24) is 0 Å². The lowest BCUT2D eigenvalue weighted by Crippen LogP contribution is -3.00. The third-order valence-corrected chi connectivity index (χ3v) is 5.23. The van der Waals surface area contributed by atoms with Gasteiger partial charge in [-0.15, -0.1) is 0 Å². The molecule has 0 unspecified atom stereocenters. The van der Waals surface area contributed by atoms with E-state index in [1.165, 1.54) is 25.7 Å². The molecule has 1 N–H and O–H groups in total. The third kappa shape index (κ3) is 7.25. The van der Waals surface area contributed by atoms with Crippen molar-refractivity contribution >= 4 is 5.97 Å². The summed E-state index contributed by atoms with van der Waals surface area (Å²) >= 11 is 0. The van der Waals surface area contributed by atoms with Gasteiger partial charge in [0.1, 0.15) is 13.2 Å². The highest BCUT2D eigenvalue weighted by Gasteiger charge is 2.41. The SMILES string of the molecule is CCCCCC[N+](C)(C)CCOC(=O)C(O)(c1ccccc1)c1ccccc1.[Br-]. The number of hydrogen-bond acceptors (Lipinski definition) is 3. The molecule has 5 heteroatoms. The Morgan fingerprint density at radius 1 is 0.897 bits per heavy atom. The van der Waals surface area contributed by atoms with Crippen molar-refractivity contribution in [2.24, 2.45) is 0 Å². The number of esters is 1. The molecule has 0 atom stereocenters. The van der Waals surface area contributed by atoms with E-state index in [1.54, 1.807) is 24.3 Å². The molecule has 0 heterocycles. The highest BCUT2D eigenvalue weighted by atomic mass is 79.9. The van der Waals surface area contributed by atoms with Crippen LogP contribution in [0.1, 0.15) is 43.7 Å². The van der Waals surface area contributed by atoms with Crippen molar-refractivity contribution < 1.29 is 36.1 Å². The Morgan fingerprint density at radius 2 is 1.41 bits per heavy atom. The fraction of sp³-hybridized carbons (Fsp3) is 0.458. The molecule has 0 saturated heterocycles. The van der Waals surface area contributed by atoms with Crippen molar-refractivity contribution in [3.05, 3.63) is 71.8 Å². The molecule has 0 aliphatic rings. The highest BCUT2D eigenvalue weighted by molar-refractivity contribution is 5.85. The summed E-state index contributed by atoms with van der Waals surface area (Å²) in [6.07, 6.45) is 4.89. The molecule has 29 heavy (non-hydrogen) atoms. The summed E-state index contributed by atoms with van der Waals surface area (Å²) in [6.45, 7) is 4.26. The van der Waals surface area contributed by atoms with Crippen LogP contribution in [0, 0.1) is 0 Å². The van der Waals surface area contributed by atoms with Gasteiger partial charge in [0, 0.05) is 0 Å². The maximum Gasteiger partial charge on any atom is 0.347 e. The average molecular weight is 464 g/mol. The van der Waals surface area contributed by atoms with Crippen LogP contribution in [0.3, 0.4) is 0 Å². The first kappa shape index (κ1) is 25.3. The van der Waals surface area contributed by atoms with Crippen LogP contribution in [0.5, 0.6) is 0 Å². The predicted octanol–water partition coefficient (Wildman–Crippen LogP) is 1.13. The van der Waals surface area contributed by atoms with E-state index < -0.39 is 11.6 Å². The zero-order valence-electron chi connectivity index (χ0n) is 17.8. The van der Waals surface area contributed by atoms with E-state index in [9.17, 15) is 9.90 Å². The zero-order chi connectivity index (χ0) is 20.5. The predicted molar refractivity (Wildman–Crippen MR) is 113 cm³/mol. The summed E-state index contributed by atoms with van der Waals surface area (Å²) in [5.41, 5.74) is -0.778. The first-order valence-electron chi connectivity index (χ1n) is 10.2. The van der Waals surface area contributed by atoms with E-state index in [0.29, 0.717) is 11.1 Å². The summed E-state index contributed by atoms with van der Waals surface area (Å²) in [6, 6.07) is 18.0. The Kier molecular flexibility index (Phi) is 10.6. The largest absolute Gasteiger partial charge is 1.00 e. The normalized spacial score (nSPS) is 11.6. The van der Waals surface area contributed by atoms with E-state index in [1.807, 2.05) is 36.4 Å². The number of likely N-dealkylation sites (N-methyl/N-ethyl adjacent to an activating group) is 1. The third-order valence-electron chi connectivity index (χ3n) is 5.23. The van der Waals surface area contributed by atoms with Gasteiger partial charge in [-0.1, -0.05) is 80.4 Å². The van der Waals surface area contributed by atoms with E-state index in [-0.39, 0.29) is 23.6 Å². The molecule has 0 aliphatic heterocycles. The number of ether oxygens (including phenoxy) is 1. The molecule has 0 fully saturated rings. The Morgan fingerprint density at radius 3 is 1.90 bits per heavy atom. The summed E-state index contributed by atoms with van der Waals surface area (Å²) in [5, 5.41) is 11.4. The minimum Gasteiger partial charge on any atom is -1.00 e. The van der Waals surface area contributed by atoms with Gasteiger partial charge < -0.3 is 31.3 Å². The van der Waals surface area contributed by atoms with E-state index >= 15 is 0 Å². The summed E-state index contributed by atoms with van der Waals surface area (Å²) in [5.74, 6) is -0.629. The van der Waals surface area contributed by atoms with Gasteiger partial charge in [0.15, 0.2) is 0 Å². The topological polar surface area (TPSA) is 46.5 Å². The number of halogens is 1. The lowest BCUT2D eigenvalue weighted by molar-refractivity contribution is -0.890. The molecule has 0 saturated carbocycles. The molecule has 2 rings (SSSR count). The smallest absolute Gasteiger partial charge is 0.347 e. The lowest BCUT2D eigenvalue weighted by atomic mass is 9.86. The number of quaternary nitrogens is 1. The van der Waals surface area contributed by atoms with Crippen LogP contribution in [-0.4, -0.2) is 49.4 Å². The Bertz CT molecular complexity index is 680. The van der Waals surface area contributed by atoms with Gasteiger partial charge in [-0.2, -0.15) is 0 Å². The molecular weight excluding hydrogens is 430 g/mol. The van der Waals surface area contributed by atoms with Gasteiger partial charge in [-0.05, 0) is 24.0 Å². The van der Waals surface area contributed by atoms with Crippen LogP contribution >= 0.6 is 0 Å². The molecule has 160 valence electrons. The molecule has 4 nitrogen and oxygen atoms in total. The van der Waals surface area contributed by atoms with Crippen molar-refractivity contribution in [3.63, 3.8) is 0 Å². The van der Waals surface area contributed by atoms with Crippen LogP contribution in [0.15, 0.2) is 60.7 Å². The summed E-state index contributed by atoms with van der Waals surface area (Å²) < 4.78 is 6.37. The first-order valence-corrected chi connectivity index (χ1v) is 10.2. The minimum absolute atomic E-state index is 0. The number of hydrogen-bond donors (Lipinski definition) is 1. The fourth-order valence-electron chi connectivity index (χ4n) is 3.33. The number of nitrogens with zero attached hydrogens (tertiary/aromatic N) is 1. The second-order valence-corrected chi connectivity index (χ2v) is 8.02. The molecule has 0 bridgehead atoms. The molecular formula is C24H34BrNO3. The van der Waals surface area contributed by atoms with Gasteiger partial charge >= 0.3 is 5.97 Å².